The molecule has 0 spiro atoms. The number of benzene rings is 1. The van der Waals surface area contributed by atoms with Gasteiger partial charge in [-0.2, -0.15) is 0 Å². The van der Waals surface area contributed by atoms with Crippen LogP contribution in [0.3, 0.4) is 0 Å². The fourth-order valence-corrected chi connectivity index (χ4v) is 2.46. The van der Waals surface area contributed by atoms with Crippen molar-refractivity contribution in [3.8, 4) is 0 Å². The van der Waals surface area contributed by atoms with E-state index in [4.69, 9.17) is 28.9 Å². The molecule has 2 aromatic rings. The van der Waals surface area contributed by atoms with Crippen molar-refractivity contribution in [2.75, 3.05) is 6.54 Å². The zero-order valence-electron chi connectivity index (χ0n) is 9.89. The van der Waals surface area contributed by atoms with Crippen LogP contribution in [0.25, 0.3) is 0 Å². The van der Waals surface area contributed by atoms with Gasteiger partial charge in [-0.3, -0.25) is 0 Å². The van der Waals surface area contributed by atoms with Crippen LogP contribution in [0.1, 0.15) is 18.0 Å². The molecule has 0 aliphatic heterocycles. The van der Waals surface area contributed by atoms with Gasteiger partial charge in [0.2, 0.25) is 0 Å². The van der Waals surface area contributed by atoms with E-state index in [9.17, 15) is 0 Å². The lowest BCUT2D eigenvalue weighted by Crippen LogP contribution is -2.15. The van der Waals surface area contributed by atoms with Gasteiger partial charge in [0.05, 0.1) is 6.33 Å². The van der Waals surface area contributed by atoms with E-state index in [2.05, 4.69) is 9.55 Å². The van der Waals surface area contributed by atoms with Crippen LogP contribution in [0.5, 0.6) is 0 Å². The van der Waals surface area contributed by atoms with E-state index in [1.807, 2.05) is 24.7 Å². The number of hydrogen-bond acceptors (Lipinski definition) is 2. The standard InChI is InChI=1S/C13H15Cl2N3/c14-11-2-1-10(13(15)8-11)7-12(3-4-16)18-6-5-17-9-18/h1-2,5-6,8-9,12H,3-4,7,16H2. The Bertz CT molecular complexity index is 497. The fraction of sp³-hybridized carbons (Fsp3) is 0.308. The lowest BCUT2D eigenvalue weighted by Gasteiger charge is -2.18. The van der Waals surface area contributed by atoms with E-state index in [1.165, 1.54) is 0 Å². The van der Waals surface area contributed by atoms with E-state index in [-0.39, 0.29) is 6.04 Å². The van der Waals surface area contributed by atoms with Crippen molar-refractivity contribution in [3.63, 3.8) is 0 Å². The molecule has 0 radical (unpaired) electrons. The van der Waals surface area contributed by atoms with E-state index >= 15 is 0 Å². The number of nitrogens with zero attached hydrogens (tertiary/aromatic N) is 2. The van der Waals surface area contributed by atoms with E-state index in [1.54, 1.807) is 12.3 Å². The van der Waals surface area contributed by atoms with Gasteiger partial charge in [-0.25, -0.2) is 4.98 Å². The molecule has 5 heteroatoms. The van der Waals surface area contributed by atoms with Crippen molar-refractivity contribution < 1.29 is 0 Å². The first-order valence-electron chi connectivity index (χ1n) is 5.82. The molecule has 0 saturated carbocycles. The van der Waals surface area contributed by atoms with Crippen molar-refractivity contribution in [3.05, 3.63) is 52.5 Å². The van der Waals surface area contributed by atoms with Gasteiger partial charge in [-0.05, 0) is 37.1 Å². The van der Waals surface area contributed by atoms with Crippen molar-refractivity contribution >= 4 is 23.2 Å². The second kappa shape index (κ2) is 6.23. The molecule has 2 rings (SSSR count). The van der Waals surface area contributed by atoms with E-state index < -0.39 is 0 Å². The molecule has 1 heterocycles. The highest BCUT2D eigenvalue weighted by atomic mass is 35.5. The summed E-state index contributed by atoms with van der Waals surface area (Å²) in [6, 6.07) is 5.86. The van der Waals surface area contributed by atoms with Crippen LogP contribution >= 0.6 is 23.2 Å². The molecule has 0 bridgehead atoms. The van der Waals surface area contributed by atoms with Gasteiger partial charge in [0.25, 0.3) is 0 Å². The van der Waals surface area contributed by atoms with Gasteiger partial charge in [-0.1, -0.05) is 29.3 Å². The minimum atomic E-state index is 0.274. The van der Waals surface area contributed by atoms with Crippen LogP contribution in [-0.4, -0.2) is 16.1 Å². The van der Waals surface area contributed by atoms with Crippen LogP contribution in [0.4, 0.5) is 0 Å². The molecule has 3 nitrogen and oxygen atoms in total. The summed E-state index contributed by atoms with van der Waals surface area (Å²) in [5.41, 5.74) is 6.74. The van der Waals surface area contributed by atoms with E-state index in [0.717, 1.165) is 18.4 Å². The molecule has 1 aromatic heterocycles. The molecule has 0 saturated heterocycles. The van der Waals surface area contributed by atoms with Crippen LogP contribution in [0, 0.1) is 0 Å². The highest BCUT2D eigenvalue weighted by Gasteiger charge is 2.12. The van der Waals surface area contributed by atoms with Crippen LogP contribution in [0.2, 0.25) is 10.0 Å². The van der Waals surface area contributed by atoms with Gasteiger partial charge < -0.3 is 10.3 Å². The third-order valence-electron chi connectivity index (χ3n) is 2.92. The molecule has 1 unspecified atom stereocenters. The molecule has 18 heavy (non-hydrogen) atoms. The summed E-state index contributed by atoms with van der Waals surface area (Å²) in [6.07, 6.45) is 7.24. The van der Waals surface area contributed by atoms with Gasteiger partial charge in [0, 0.05) is 28.5 Å². The van der Waals surface area contributed by atoms with Gasteiger partial charge in [0.15, 0.2) is 0 Å². The summed E-state index contributed by atoms with van der Waals surface area (Å²) in [5.74, 6) is 0. The first-order chi connectivity index (χ1) is 8.70. The van der Waals surface area contributed by atoms with Crippen LogP contribution in [-0.2, 0) is 6.42 Å². The zero-order chi connectivity index (χ0) is 13.0. The maximum atomic E-state index is 6.19. The van der Waals surface area contributed by atoms with Gasteiger partial charge in [0.1, 0.15) is 0 Å². The topological polar surface area (TPSA) is 43.8 Å². The first-order valence-corrected chi connectivity index (χ1v) is 6.57. The van der Waals surface area contributed by atoms with Crippen LogP contribution < -0.4 is 5.73 Å². The Hall–Kier alpha value is -1.03. The number of aromatic nitrogens is 2. The maximum absolute atomic E-state index is 6.19. The minimum absolute atomic E-state index is 0.274. The number of nitrogens with two attached hydrogens (primary N) is 1. The summed E-state index contributed by atoms with van der Waals surface area (Å²) in [7, 11) is 0. The molecule has 0 amide bonds. The molecular formula is C13H15Cl2N3. The Morgan fingerprint density at radius 3 is 2.78 bits per heavy atom. The third-order valence-corrected chi connectivity index (χ3v) is 3.50. The predicted octanol–water partition coefficient (Wildman–Crippen LogP) is 3.32. The average molecular weight is 284 g/mol. The molecule has 96 valence electrons. The molecule has 0 aliphatic rings. The third kappa shape index (κ3) is 3.25. The second-order valence-electron chi connectivity index (χ2n) is 4.18. The second-order valence-corrected chi connectivity index (χ2v) is 5.02. The summed E-state index contributed by atoms with van der Waals surface area (Å²) in [5, 5.41) is 1.35. The summed E-state index contributed by atoms with van der Waals surface area (Å²) in [4.78, 5) is 4.07. The van der Waals surface area contributed by atoms with Crippen molar-refractivity contribution in [1.82, 2.24) is 9.55 Å². The lowest BCUT2D eigenvalue weighted by atomic mass is 10.0. The Balaban J connectivity index is 2.18. The van der Waals surface area contributed by atoms with Gasteiger partial charge in [-0.15, -0.1) is 0 Å². The number of halogens is 2. The molecule has 1 atom stereocenters. The zero-order valence-corrected chi connectivity index (χ0v) is 11.4. The van der Waals surface area contributed by atoms with Crippen molar-refractivity contribution in [2.45, 2.75) is 18.9 Å². The molecular weight excluding hydrogens is 269 g/mol. The largest absolute Gasteiger partial charge is 0.334 e. The number of rotatable bonds is 5. The Kier molecular flexibility index (Phi) is 4.64. The number of hydrogen-bond donors (Lipinski definition) is 1. The summed E-state index contributed by atoms with van der Waals surface area (Å²) in [6.45, 7) is 0.633. The Morgan fingerprint density at radius 1 is 1.33 bits per heavy atom. The smallest absolute Gasteiger partial charge is 0.0948 e. The first kappa shape index (κ1) is 13.4. The molecule has 0 fully saturated rings. The van der Waals surface area contributed by atoms with Crippen molar-refractivity contribution in [1.29, 1.82) is 0 Å². The Labute approximate surface area is 117 Å². The lowest BCUT2D eigenvalue weighted by molar-refractivity contribution is 0.469. The normalized spacial score (nSPS) is 12.6. The quantitative estimate of drug-likeness (QED) is 0.915. The average Bonchev–Trinajstić information content (AvgIpc) is 2.85. The molecule has 1 aromatic carbocycles. The predicted molar refractivity (Wildman–Crippen MR) is 75.1 cm³/mol. The van der Waals surface area contributed by atoms with Crippen molar-refractivity contribution in [2.24, 2.45) is 5.73 Å². The molecule has 0 aliphatic carbocycles. The minimum Gasteiger partial charge on any atom is -0.334 e. The summed E-state index contributed by atoms with van der Waals surface area (Å²) >= 11 is 12.1. The van der Waals surface area contributed by atoms with Gasteiger partial charge >= 0.3 is 0 Å². The highest BCUT2D eigenvalue weighted by molar-refractivity contribution is 6.35. The maximum Gasteiger partial charge on any atom is 0.0948 e. The highest BCUT2D eigenvalue weighted by Crippen LogP contribution is 2.26. The van der Waals surface area contributed by atoms with E-state index in [0.29, 0.717) is 16.6 Å². The monoisotopic (exact) mass is 283 g/mol. The Morgan fingerprint density at radius 2 is 2.17 bits per heavy atom. The SMILES string of the molecule is NCCC(Cc1ccc(Cl)cc1Cl)n1ccnc1. The fourth-order valence-electron chi connectivity index (χ4n) is 1.98. The summed E-state index contributed by atoms with van der Waals surface area (Å²) < 4.78 is 2.07. The number of imidazole rings is 1. The molecule has 2 N–H and O–H groups in total. The van der Waals surface area contributed by atoms with Crippen LogP contribution in [0.15, 0.2) is 36.9 Å².